The molecule has 0 aliphatic rings. The van der Waals surface area contributed by atoms with Crippen LogP contribution in [-0.2, 0) is 0 Å². The molecule has 2 aromatic carbocycles. The van der Waals surface area contributed by atoms with Crippen molar-refractivity contribution < 1.29 is 0 Å². The van der Waals surface area contributed by atoms with Gasteiger partial charge in [0.2, 0.25) is 0 Å². The first-order valence-electron chi connectivity index (χ1n) is 6.49. The molecule has 2 rings (SSSR count). The van der Waals surface area contributed by atoms with E-state index in [-0.39, 0.29) is 4.83 Å². The minimum Gasteiger partial charge on any atom is -0.0786 e. The van der Waals surface area contributed by atoms with Gasteiger partial charge in [-0.1, -0.05) is 87.7 Å². The Labute approximate surface area is 132 Å². The van der Waals surface area contributed by atoms with Crippen molar-refractivity contribution in [3.63, 3.8) is 0 Å². The van der Waals surface area contributed by atoms with Crippen molar-refractivity contribution in [3.8, 4) is 0 Å². The number of alkyl halides is 1. The average Bonchev–Trinajstić information content (AvgIpc) is 2.41. The molecule has 0 N–H and O–H groups in total. The van der Waals surface area contributed by atoms with E-state index in [1.165, 1.54) is 22.3 Å². The van der Waals surface area contributed by atoms with E-state index in [0.717, 1.165) is 4.47 Å². The van der Waals surface area contributed by atoms with Gasteiger partial charge in [-0.3, -0.25) is 0 Å². The van der Waals surface area contributed by atoms with Gasteiger partial charge in [-0.2, -0.15) is 0 Å². The Kier molecular flexibility index (Phi) is 4.86. The molecule has 0 bridgehead atoms. The first kappa shape index (κ1) is 14.8. The summed E-state index contributed by atoms with van der Waals surface area (Å²) in [6, 6.07) is 15.3. The van der Waals surface area contributed by atoms with Crippen molar-refractivity contribution in [1.82, 2.24) is 0 Å². The normalized spacial score (nSPS) is 12.7. The fraction of sp³-hybridized carbons (Fsp3) is 0.294. The van der Waals surface area contributed by atoms with Crippen LogP contribution in [0, 0.1) is 6.92 Å². The van der Waals surface area contributed by atoms with Crippen molar-refractivity contribution in [3.05, 3.63) is 69.2 Å². The predicted molar refractivity (Wildman–Crippen MR) is 90.2 cm³/mol. The Bertz CT molecular complexity index is 556. The Morgan fingerprint density at radius 3 is 2.05 bits per heavy atom. The largest absolute Gasteiger partial charge is 0.0786 e. The molecule has 0 nitrogen and oxygen atoms in total. The quantitative estimate of drug-likeness (QED) is 0.542. The molecule has 0 saturated heterocycles. The molecule has 0 heterocycles. The Morgan fingerprint density at radius 2 is 1.47 bits per heavy atom. The number of halogens is 2. The molecule has 0 spiro atoms. The molecular formula is C17H18Br2. The van der Waals surface area contributed by atoms with Crippen LogP contribution in [0.4, 0.5) is 0 Å². The third-order valence-electron chi connectivity index (χ3n) is 3.32. The fourth-order valence-electron chi connectivity index (χ4n) is 2.09. The lowest BCUT2D eigenvalue weighted by Crippen LogP contribution is -1.96. The molecule has 19 heavy (non-hydrogen) atoms. The molecule has 2 aromatic rings. The first-order chi connectivity index (χ1) is 8.99. The highest BCUT2D eigenvalue weighted by atomic mass is 79.9. The lowest BCUT2D eigenvalue weighted by Gasteiger charge is -2.15. The zero-order chi connectivity index (χ0) is 14.0. The van der Waals surface area contributed by atoms with E-state index in [2.05, 4.69) is 95.1 Å². The summed E-state index contributed by atoms with van der Waals surface area (Å²) in [5.41, 5.74) is 5.22. The highest BCUT2D eigenvalue weighted by molar-refractivity contribution is 9.11. The van der Waals surface area contributed by atoms with E-state index in [1.807, 2.05) is 0 Å². The van der Waals surface area contributed by atoms with Crippen LogP contribution in [0.25, 0.3) is 0 Å². The Balaban J connectivity index is 2.33. The van der Waals surface area contributed by atoms with Crippen molar-refractivity contribution >= 4 is 31.9 Å². The average molecular weight is 382 g/mol. The van der Waals surface area contributed by atoms with Gasteiger partial charge in [0.15, 0.2) is 0 Å². The standard InChI is InChI=1S/C17H18Br2/c1-11(2)13-5-7-14(8-6-13)17(19)15-10-12(3)4-9-16(15)18/h4-11,17H,1-3H3. The van der Waals surface area contributed by atoms with E-state index in [9.17, 15) is 0 Å². The maximum Gasteiger partial charge on any atom is 0.0655 e. The van der Waals surface area contributed by atoms with Gasteiger partial charge in [0.25, 0.3) is 0 Å². The number of benzene rings is 2. The molecule has 0 aromatic heterocycles. The van der Waals surface area contributed by atoms with Crippen LogP contribution >= 0.6 is 31.9 Å². The smallest absolute Gasteiger partial charge is 0.0655 e. The molecule has 100 valence electrons. The summed E-state index contributed by atoms with van der Waals surface area (Å²) in [5.74, 6) is 0.577. The fourth-order valence-corrected chi connectivity index (χ4v) is 3.55. The number of hydrogen-bond donors (Lipinski definition) is 0. The van der Waals surface area contributed by atoms with E-state index in [4.69, 9.17) is 0 Å². The Hall–Kier alpha value is -0.600. The molecule has 0 aliphatic carbocycles. The summed E-state index contributed by atoms with van der Waals surface area (Å²) >= 11 is 7.45. The highest BCUT2D eigenvalue weighted by Crippen LogP contribution is 2.36. The Morgan fingerprint density at radius 1 is 0.895 bits per heavy atom. The summed E-state index contributed by atoms with van der Waals surface area (Å²) < 4.78 is 1.15. The van der Waals surface area contributed by atoms with Crippen molar-refractivity contribution in [2.24, 2.45) is 0 Å². The van der Waals surface area contributed by atoms with E-state index in [1.54, 1.807) is 0 Å². The molecule has 0 fully saturated rings. The van der Waals surface area contributed by atoms with Crippen LogP contribution in [-0.4, -0.2) is 0 Å². The zero-order valence-electron chi connectivity index (χ0n) is 11.5. The van der Waals surface area contributed by atoms with Gasteiger partial charge < -0.3 is 0 Å². The highest BCUT2D eigenvalue weighted by Gasteiger charge is 2.14. The molecule has 1 unspecified atom stereocenters. The lowest BCUT2D eigenvalue weighted by molar-refractivity contribution is 0.865. The minimum atomic E-state index is 0.225. The van der Waals surface area contributed by atoms with Crippen molar-refractivity contribution in [1.29, 1.82) is 0 Å². The third-order valence-corrected chi connectivity index (χ3v) is 5.06. The number of rotatable bonds is 3. The summed E-state index contributed by atoms with van der Waals surface area (Å²) in [5, 5.41) is 0. The lowest BCUT2D eigenvalue weighted by atomic mass is 9.98. The molecule has 0 saturated carbocycles. The summed E-state index contributed by atoms with van der Waals surface area (Å²) in [4.78, 5) is 0.225. The van der Waals surface area contributed by atoms with Gasteiger partial charge >= 0.3 is 0 Å². The van der Waals surface area contributed by atoms with E-state index in [0.29, 0.717) is 5.92 Å². The molecule has 1 atom stereocenters. The van der Waals surface area contributed by atoms with Crippen molar-refractivity contribution in [2.45, 2.75) is 31.5 Å². The second-order valence-corrected chi connectivity index (χ2v) is 6.98. The minimum absolute atomic E-state index is 0.225. The molecular weight excluding hydrogens is 364 g/mol. The topological polar surface area (TPSA) is 0 Å². The maximum atomic E-state index is 3.81. The second-order valence-electron chi connectivity index (χ2n) is 5.21. The van der Waals surface area contributed by atoms with Crippen LogP contribution in [0.2, 0.25) is 0 Å². The zero-order valence-corrected chi connectivity index (χ0v) is 14.6. The van der Waals surface area contributed by atoms with Gasteiger partial charge in [-0.15, -0.1) is 0 Å². The SMILES string of the molecule is Cc1ccc(Br)c(C(Br)c2ccc(C(C)C)cc2)c1. The third kappa shape index (κ3) is 3.49. The molecule has 0 aliphatic heterocycles. The van der Waals surface area contributed by atoms with Gasteiger partial charge in [0, 0.05) is 4.47 Å². The maximum absolute atomic E-state index is 3.81. The van der Waals surface area contributed by atoms with Crippen LogP contribution in [0.3, 0.4) is 0 Å². The predicted octanol–water partition coefficient (Wildman–Crippen LogP) is 6.37. The molecule has 0 radical (unpaired) electrons. The molecule has 2 heteroatoms. The van der Waals surface area contributed by atoms with Crippen LogP contribution in [0.15, 0.2) is 46.9 Å². The van der Waals surface area contributed by atoms with Crippen LogP contribution in [0.5, 0.6) is 0 Å². The first-order valence-corrected chi connectivity index (χ1v) is 8.20. The van der Waals surface area contributed by atoms with Crippen molar-refractivity contribution in [2.75, 3.05) is 0 Å². The molecule has 0 amide bonds. The summed E-state index contributed by atoms with van der Waals surface area (Å²) in [6.45, 7) is 6.56. The monoisotopic (exact) mass is 380 g/mol. The van der Waals surface area contributed by atoms with Crippen LogP contribution < -0.4 is 0 Å². The second kappa shape index (κ2) is 6.23. The van der Waals surface area contributed by atoms with Gasteiger partial charge in [0.1, 0.15) is 0 Å². The number of hydrogen-bond acceptors (Lipinski definition) is 0. The van der Waals surface area contributed by atoms with Crippen LogP contribution in [0.1, 0.15) is 46.8 Å². The summed E-state index contributed by atoms with van der Waals surface area (Å²) in [6.07, 6.45) is 0. The van der Waals surface area contributed by atoms with Gasteiger partial charge in [0.05, 0.1) is 4.83 Å². The van der Waals surface area contributed by atoms with Gasteiger partial charge in [-0.25, -0.2) is 0 Å². The van der Waals surface area contributed by atoms with Gasteiger partial charge in [-0.05, 0) is 35.6 Å². The van der Waals surface area contributed by atoms with E-state index >= 15 is 0 Å². The summed E-state index contributed by atoms with van der Waals surface area (Å²) in [7, 11) is 0. The number of aryl methyl sites for hydroxylation is 1. The van der Waals surface area contributed by atoms with E-state index < -0.39 is 0 Å².